The Morgan fingerprint density at radius 1 is 0.740 bits per heavy atom. The topological polar surface area (TPSA) is 203 Å². The monoisotopic (exact) mass is 740 g/mol. The minimum Gasteiger partial charge on any atom is -0.424 e. The van der Waals surface area contributed by atoms with Crippen molar-refractivity contribution >= 4 is 78.8 Å². The van der Waals surface area contributed by atoms with Crippen molar-refractivity contribution in [1.82, 2.24) is 18.8 Å². The van der Waals surface area contributed by atoms with E-state index in [-0.39, 0.29) is 50.3 Å². The summed E-state index contributed by atoms with van der Waals surface area (Å²) in [4.78, 5) is 86.7. The zero-order valence-corrected chi connectivity index (χ0v) is 29.2. The molecule has 0 fully saturated rings. The van der Waals surface area contributed by atoms with Gasteiger partial charge in [-0.25, -0.2) is 9.38 Å². The molecule has 5 aromatic rings. The second-order valence-corrected chi connectivity index (χ2v) is 15.2. The number of hydrogen-bond donors (Lipinski definition) is 0. The smallest absolute Gasteiger partial charge is 0.308 e. The Bertz CT molecular complexity index is 2870. The first-order valence-corrected chi connectivity index (χ1v) is 17.4. The van der Waals surface area contributed by atoms with Crippen molar-refractivity contribution in [2.24, 2.45) is 0 Å². The lowest BCUT2D eigenvalue weighted by atomic mass is 10.1. The van der Waals surface area contributed by atoms with Crippen LogP contribution < -0.4 is 42.1 Å². The van der Waals surface area contributed by atoms with Crippen LogP contribution in [0.15, 0.2) is 63.3 Å². The number of hydrogen-bond acceptors (Lipinski definition) is 16. The van der Waals surface area contributed by atoms with Gasteiger partial charge in [-0.05, 0) is 25.0 Å². The van der Waals surface area contributed by atoms with Crippen LogP contribution in [-0.2, 0) is 9.59 Å². The first kappa shape index (κ1) is 33.1. The second kappa shape index (κ2) is 12.2. The molecule has 4 aromatic heterocycles. The SMILES string of the molecule is CC(=O)Oc1c2c(c(OC(C)=O)c3c1SC(=c1c(C)c(C#N)c(=O)n4ccc(=O)nc14)S3)SC(=c1c(C)c(C#N)c3nccc(=O)n3c1=O)S2. The number of thioether (sulfide) groups is 4. The molecular weight excluding hydrogens is 725 g/mol. The number of benzene rings is 1. The predicted molar refractivity (Wildman–Crippen MR) is 184 cm³/mol. The molecule has 2 aliphatic rings. The average molecular weight is 741 g/mol. The Balaban J connectivity index is 1.56. The number of nitriles is 2. The highest BCUT2D eigenvalue weighted by Crippen LogP contribution is 2.68. The first-order chi connectivity index (χ1) is 23.9. The predicted octanol–water partition coefficient (Wildman–Crippen LogP) is 2.00. The maximum atomic E-state index is 13.9. The largest absolute Gasteiger partial charge is 0.424 e. The lowest BCUT2D eigenvalue weighted by Gasteiger charge is -2.15. The molecule has 0 bridgehead atoms. The van der Waals surface area contributed by atoms with Gasteiger partial charge in [0.25, 0.3) is 22.2 Å². The van der Waals surface area contributed by atoms with Crippen LogP contribution >= 0.6 is 47.0 Å². The minimum atomic E-state index is -0.715. The van der Waals surface area contributed by atoms with E-state index in [2.05, 4.69) is 9.97 Å². The van der Waals surface area contributed by atoms with Crippen LogP contribution in [0.4, 0.5) is 0 Å². The molecule has 0 saturated carbocycles. The van der Waals surface area contributed by atoms with Gasteiger partial charge in [0.05, 0.1) is 38.8 Å². The molecule has 14 nitrogen and oxygen atoms in total. The molecule has 0 amide bonds. The maximum Gasteiger partial charge on any atom is 0.308 e. The van der Waals surface area contributed by atoms with Gasteiger partial charge in [-0.2, -0.15) is 15.5 Å². The second-order valence-electron chi connectivity index (χ2n) is 10.6. The Morgan fingerprint density at radius 3 is 1.78 bits per heavy atom. The van der Waals surface area contributed by atoms with Gasteiger partial charge in [-0.3, -0.25) is 33.2 Å². The highest BCUT2D eigenvalue weighted by molar-refractivity contribution is 8.33. The minimum absolute atomic E-state index is 0.00423. The molecule has 0 N–H and O–H groups in total. The van der Waals surface area contributed by atoms with Crippen molar-refractivity contribution in [2.45, 2.75) is 47.3 Å². The van der Waals surface area contributed by atoms with E-state index < -0.39 is 34.2 Å². The van der Waals surface area contributed by atoms with E-state index in [1.165, 1.54) is 26.2 Å². The molecule has 18 heteroatoms. The summed E-state index contributed by atoms with van der Waals surface area (Å²) >= 11 is 4.25. The van der Waals surface area contributed by atoms with Crippen molar-refractivity contribution in [3.05, 3.63) is 98.6 Å². The number of rotatable bonds is 2. The molecule has 7 rings (SSSR count). The summed E-state index contributed by atoms with van der Waals surface area (Å²) in [5.74, 6) is -1.20. The van der Waals surface area contributed by atoms with E-state index in [1.54, 1.807) is 13.8 Å². The Morgan fingerprint density at radius 2 is 1.26 bits per heavy atom. The molecule has 0 spiro atoms. The van der Waals surface area contributed by atoms with Crippen LogP contribution in [0.2, 0.25) is 0 Å². The third kappa shape index (κ3) is 4.99. The van der Waals surface area contributed by atoms with Gasteiger partial charge in [0.15, 0.2) is 22.8 Å². The van der Waals surface area contributed by atoms with Gasteiger partial charge in [0.1, 0.15) is 17.7 Å². The average Bonchev–Trinajstić information content (AvgIpc) is 3.68. The maximum absolute atomic E-state index is 13.9. The van der Waals surface area contributed by atoms with Crippen LogP contribution in [0.25, 0.3) is 19.8 Å². The normalized spacial score (nSPS) is 13.2. The number of nitrogens with zero attached hydrogens (tertiary/aromatic N) is 6. The molecule has 0 unspecified atom stereocenters. The molecule has 1 aromatic carbocycles. The Labute approximate surface area is 295 Å². The fourth-order valence-electron chi connectivity index (χ4n) is 5.49. The number of fused-ring (bicyclic) bond motifs is 4. The van der Waals surface area contributed by atoms with Gasteiger partial charge >= 0.3 is 11.9 Å². The molecule has 0 atom stereocenters. The van der Waals surface area contributed by atoms with Gasteiger partial charge in [0.2, 0.25) is 0 Å². The molecule has 246 valence electrons. The van der Waals surface area contributed by atoms with Crippen molar-refractivity contribution in [2.75, 3.05) is 0 Å². The summed E-state index contributed by atoms with van der Waals surface area (Å²) in [7, 11) is 0. The lowest BCUT2D eigenvalue weighted by Crippen LogP contribution is -2.40. The highest BCUT2D eigenvalue weighted by atomic mass is 32.2. The van der Waals surface area contributed by atoms with Crippen molar-refractivity contribution < 1.29 is 19.1 Å². The summed E-state index contributed by atoms with van der Waals surface area (Å²) in [5.41, 5.74) is -2.35. The molecule has 2 aliphatic heterocycles. The lowest BCUT2D eigenvalue weighted by molar-refractivity contribution is -0.133. The standard InChI is InChI=1S/C32H16N6O8S4/c1-11-15(9-33)27-35-7-5-18(42)38(27)30(44)20(11)32-49-25-21(45-13(3)39)23-24(22(26(25)50-32)46-14(4)40)48-31(47-23)19-12(2)16(10-34)29(43)37-8-6-17(41)36-28(19)37/h5-8H,1-4H3. The quantitative estimate of drug-likeness (QED) is 0.188. The number of pyridine rings is 2. The highest BCUT2D eigenvalue weighted by Gasteiger charge is 2.39. The van der Waals surface area contributed by atoms with E-state index >= 15 is 0 Å². The van der Waals surface area contributed by atoms with Crippen LogP contribution in [-0.4, -0.2) is 30.7 Å². The van der Waals surface area contributed by atoms with E-state index in [4.69, 9.17) is 9.47 Å². The number of carbonyl (C=O) groups is 2. The molecule has 0 saturated heterocycles. The molecule has 50 heavy (non-hydrogen) atoms. The molecule has 0 aliphatic carbocycles. The fourth-order valence-corrected chi connectivity index (χ4v) is 11.3. The van der Waals surface area contributed by atoms with Crippen LogP contribution in [0, 0.1) is 36.5 Å². The molecule has 0 radical (unpaired) electrons. The van der Waals surface area contributed by atoms with Crippen LogP contribution in [0.5, 0.6) is 11.5 Å². The van der Waals surface area contributed by atoms with Gasteiger partial charge < -0.3 is 9.47 Å². The molecular formula is C32H16N6O8S4. The van der Waals surface area contributed by atoms with E-state index in [9.17, 15) is 39.3 Å². The zero-order valence-electron chi connectivity index (χ0n) is 25.9. The number of esters is 2. The van der Waals surface area contributed by atoms with Gasteiger partial charge in [0, 0.05) is 43.6 Å². The Hall–Kier alpha value is -5.40. The summed E-state index contributed by atoms with van der Waals surface area (Å²) in [6, 6.07) is 6.17. The van der Waals surface area contributed by atoms with Crippen molar-refractivity contribution in [3.8, 4) is 23.6 Å². The van der Waals surface area contributed by atoms with Crippen LogP contribution in [0.1, 0.15) is 36.1 Å². The number of ether oxygens (including phenoxy) is 2. The van der Waals surface area contributed by atoms with Gasteiger partial charge in [-0.15, -0.1) is 0 Å². The summed E-state index contributed by atoms with van der Waals surface area (Å²) in [5, 5.41) is 20.2. The van der Waals surface area contributed by atoms with E-state index in [1.807, 2.05) is 12.1 Å². The third-order valence-corrected chi connectivity index (χ3v) is 12.8. The molecule has 6 heterocycles. The van der Waals surface area contributed by atoms with Crippen LogP contribution in [0.3, 0.4) is 0 Å². The van der Waals surface area contributed by atoms with E-state index in [0.29, 0.717) is 33.3 Å². The number of aromatic nitrogens is 4. The number of carbonyl (C=O) groups excluding carboxylic acids is 2. The summed E-state index contributed by atoms with van der Waals surface area (Å²) < 4.78 is 14.3. The Kier molecular flexibility index (Phi) is 8.07. The summed E-state index contributed by atoms with van der Waals surface area (Å²) in [6.07, 6.45) is 2.45. The third-order valence-electron chi connectivity index (χ3n) is 7.59. The van der Waals surface area contributed by atoms with Crippen molar-refractivity contribution in [1.29, 1.82) is 10.5 Å². The van der Waals surface area contributed by atoms with Gasteiger partial charge in [-0.1, -0.05) is 47.0 Å². The summed E-state index contributed by atoms with van der Waals surface area (Å²) in [6.45, 7) is 5.53. The van der Waals surface area contributed by atoms with Crippen molar-refractivity contribution in [3.63, 3.8) is 0 Å². The van der Waals surface area contributed by atoms with E-state index in [0.717, 1.165) is 68.0 Å². The first-order valence-electron chi connectivity index (χ1n) is 14.2. The zero-order chi connectivity index (χ0) is 35.8. The fraction of sp³-hybridized carbons (Fsp3) is 0.125.